The van der Waals surface area contributed by atoms with Gasteiger partial charge in [0.2, 0.25) is 15.2 Å². The summed E-state index contributed by atoms with van der Waals surface area (Å²) < 4.78 is 24.2. The molecular formula is C19H17N5O5S2. The fourth-order valence-corrected chi connectivity index (χ4v) is 4.33. The smallest absolute Gasteiger partial charge is 0.277 e. The summed E-state index contributed by atoms with van der Waals surface area (Å²) in [5.74, 6) is 0. The molecule has 0 spiro atoms. The number of pyridine rings is 1. The van der Waals surface area contributed by atoms with Gasteiger partial charge in [0.1, 0.15) is 5.69 Å². The highest BCUT2D eigenvalue weighted by Gasteiger charge is 2.20. The first-order valence-electron chi connectivity index (χ1n) is 8.92. The Morgan fingerprint density at radius 1 is 1.19 bits per heavy atom. The molecule has 0 aliphatic carbocycles. The Labute approximate surface area is 180 Å². The number of H-pyrrole nitrogens is 1. The number of hydrogen-bond donors (Lipinski definition) is 4. The van der Waals surface area contributed by atoms with Crippen LogP contribution in [0.5, 0.6) is 0 Å². The lowest BCUT2D eigenvalue weighted by atomic mass is 10.0. The van der Waals surface area contributed by atoms with Gasteiger partial charge in [-0.1, -0.05) is 12.1 Å². The molecule has 0 aliphatic heterocycles. The highest BCUT2D eigenvalue weighted by Crippen LogP contribution is 2.24. The number of sulfonamides is 1. The molecule has 3 heterocycles. The minimum atomic E-state index is -3.82. The minimum absolute atomic E-state index is 0.0203. The number of aliphatic hydroxyl groups excluding tert-OH is 1. The van der Waals surface area contributed by atoms with E-state index in [1.807, 2.05) is 0 Å². The number of thiazole rings is 1. The summed E-state index contributed by atoms with van der Waals surface area (Å²) in [4.78, 5) is 21.4. The predicted molar refractivity (Wildman–Crippen MR) is 113 cm³/mol. The number of primary sulfonamides is 1. The molecule has 160 valence electrons. The Kier molecular flexibility index (Phi) is 5.56. The Hall–Kier alpha value is -3.16. The third-order valence-electron chi connectivity index (χ3n) is 4.54. The number of nitrogens with two attached hydrogens (primary N) is 1. The van der Waals surface area contributed by atoms with Crippen molar-refractivity contribution < 1.29 is 18.6 Å². The maximum absolute atomic E-state index is 13.2. The van der Waals surface area contributed by atoms with Crippen molar-refractivity contribution in [1.82, 2.24) is 19.7 Å². The van der Waals surface area contributed by atoms with Crippen LogP contribution in [0.3, 0.4) is 0 Å². The molecule has 4 aromatic rings. The molecule has 0 amide bonds. The second-order valence-corrected chi connectivity index (χ2v) is 9.04. The van der Waals surface area contributed by atoms with E-state index in [9.17, 15) is 23.4 Å². The van der Waals surface area contributed by atoms with Crippen LogP contribution in [0.15, 0.2) is 63.9 Å². The van der Waals surface area contributed by atoms with Crippen molar-refractivity contribution in [2.45, 2.75) is 17.6 Å². The average Bonchev–Trinajstić information content (AvgIpc) is 3.34. The van der Waals surface area contributed by atoms with E-state index in [1.54, 1.807) is 36.7 Å². The van der Waals surface area contributed by atoms with Gasteiger partial charge in [-0.05, 0) is 29.8 Å². The Morgan fingerprint density at radius 3 is 2.52 bits per heavy atom. The van der Waals surface area contributed by atoms with E-state index >= 15 is 0 Å². The zero-order valence-electron chi connectivity index (χ0n) is 15.8. The molecule has 0 atom stereocenters. The van der Waals surface area contributed by atoms with Crippen LogP contribution >= 0.6 is 11.3 Å². The number of hydrogen-bond acceptors (Lipinski definition) is 8. The third-order valence-corrected chi connectivity index (χ3v) is 6.31. The number of aromatic nitrogens is 4. The van der Waals surface area contributed by atoms with Gasteiger partial charge in [-0.2, -0.15) is 4.68 Å². The molecule has 0 fully saturated rings. The van der Waals surface area contributed by atoms with E-state index < -0.39 is 16.3 Å². The zero-order valence-corrected chi connectivity index (χ0v) is 17.5. The van der Waals surface area contributed by atoms with Crippen LogP contribution in [0, 0.1) is 0 Å². The first-order valence-corrected chi connectivity index (χ1v) is 11.3. The van der Waals surface area contributed by atoms with Gasteiger partial charge in [0.05, 0.1) is 10.6 Å². The van der Waals surface area contributed by atoms with Gasteiger partial charge in [0.25, 0.3) is 5.56 Å². The summed E-state index contributed by atoms with van der Waals surface area (Å²) in [6.45, 7) is 0. The molecule has 3 aromatic heterocycles. The molecule has 0 saturated carbocycles. The van der Waals surface area contributed by atoms with Gasteiger partial charge in [0.15, 0.2) is 6.29 Å². The van der Waals surface area contributed by atoms with Crippen molar-refractivity contribution in [3.05, 3.63) is 81.3 Å². The maximum Gasteiger partial charge on any atom is 0.277 e. The van der Waals surface area contributed by atoms with Gasteiger partial charge < -0.3 is 10.2 Å². The Bertz CT molecular complexity index is 1370. The van der Waals surface area contributed by atoms with Crippen molar-refractivity contribution in [3.63, 3.8) is 0 Å². The van der Waals surface area contributed by atoms with Crippen molar-refractivity contribution in [2.75, 3.05) is 0 Å². The van der Waals surface area contributed by atoms with Crippen molar-refractivity contribution >= 4 is 21.4 Å². The number of aromatic amines is 1. The topological polar surface area (TPSA) is 164 Å². The standard InChI is InChI=1S/C19H17N5O5S2/c20-31(28,29)13-5-3-11(4-6-13)8-14-16(12-2-1-7-21-9-12)23-24(17(14)25)19-22-15(10-30-19)18(26)27/h1-7,9-10,18,23,26-27H,8H2,(H2,20,28,29). The van der Waals surface area contributed by atoms with Crippen LogP contribution in [-0.4, -0.2) is 38.4 Å². The van der Waals surface area contributed by atoms with Crippen LogP contribution < -0.4 is 10.7 Å². The number of nitrogens with one attached hydrogen (secondary N) is 1. The van der Waals surface area contributed by atoms with Gasteiger partial charge in [0, 0.05) is 35.3 Å². The summed E-state index contributed by atoms with van der Waals surface area (Å²) >= 11 is 1.08. The Balaban J connectivity index is 1.80. The quantitative estimate of drug-likeness (QED) is 0.311. The summed E-state index contributed by atoms with van der Waals surface area (Å²) in [6, 6.07) is 9.48. The molecule has 0 saturated heterocycles. The lowest BCUT2D eigenvalue weighted by molar-refractivity contribution is -0.0454. The van der Waals surface area contributed by atoms with Crippen molar-refractivity contribution in [3.8, 4) is 16.4 Å². The van der Waals surface area contributed by atoms with E-state index in [-0.39, 0.29) is 27.7 Å². The van der Waals surface area contributed by atoms with E-state index in [1.165, 1.54) is 22.2 Å². The molecule has 0 radical (unpaired) electrons. The molecular weight excluding hydrogens is 442 g/mol. The second-order valence-electron chi connectivity index (χ2n) is 6.64. The van der Waals surface area contributed by atoms with Crippen LogP contribution in [0.4, 0.5) is 0 Å². The Morgan fingerprint density at radius 2 is 1.94 bits per heavy atom. The highest BCUT2D eigenvalue weighted by molar-refractivity contribution is 7.89. The largest absolute Gasteiger partial charge is 0.363 e. The molecule has 4 rings (SSSR count). The SMILES string of the molecule is NS(=O)(=O)c1ccc(Cc2c(-c3cccnc3)[nH]n(-c3nc(C(O)O)cs3)c2=O)cc1. The fraction of sp³-hybridized carbons (Fsp3) is 0.105. The van der Waals surface area contributed by atoms with Crippen LogP contribution in [0.25, 0.3) is 16.4 Å². The summed E-state index contributed by atoms with van der Waals surface area (Å²) in [5, 5.41) is 28.5. The molecule has 5 N–H and O–H groups in total. The first-order chi connectivity index (χ1) is 14.7. The average molecular weight is 460 g/mol. The van der Waals surface area contributed by atoms with Crippen molar-refractivity contribution in [1.29, 1.82) is 0 Å². The van der Waals surface area contributed by atoms with Crippen LogP contribution in [-0.2, 0) is 16.4 Å². The second kappa shape index (κ2) is 8.17. The first kappa shape index (κ1) is 21.1. The number of benzene rings is 1. The minimum Gasteiger partial charge on any atom is -0.363 e. The molecule has 12 heteroatoms. The molecule has 0 unspecified atom stereocenters. The highest BCUT2D eigenvalue weighted by atomic mass is 32.2. The number of rotatable bonds is 6. The molecule has 0 bridgehead atoms. The van der Waals surface area contributed by atoms with E-state index in [2.05, 4.69) is 15.1 Å². The summed E-state index contributed by atoms with van der Waals surface area (Å²) in [6.07, 6.45) is 1.68. The van der Waals surface area contributed by atoms with Gasteiger partial charge in [-0.15, -0.1) is 11.3 Å². The fourth-order valence-electron chi connectivity index (χ4n) is 3.02. The normalized spacial score (nSPS) is 11.9. The predicted octanol–water partition coefficient (Wildman–Crippen LogP) is 0.905. The van der Waals surface area contributed by atoms with E-state index in [0.717, 1.165) is 11.3 Å². The summed E-state index contributed by atoms with van der Waals surface area (Å²) in [5.41, 5.74) is 1.97. The lowest BCUT2D eigenvalue weighted by Gasteiger charge is -2.04. The zero-order chi connectivity index (χ0) is 22.2. The van der Waals surface area contributed by atoms with Crippen LogP contribution in [0.1, 0.15) is 23.1 Å². The van der Waals surface area contributed by atoms with E-state index in [0.29, 0.717) is 22.4 Å². The lowest BCUT2D eigenvalue weighted by Crippen LogP contribution is -2.17. The number of aliphatic hydroxyl groups is 2. The maximum atomic E-state index is 13.2. The molecule has 31 heavy (non-hydrogen) atoms. The third kappa shape index (κ3) is 4.33. The molecule has 10 nitrogen and oxygen atoms in total. The molecule has 0 aliphatic rings. The van der Waals surface area contributed by atoms with Crippen molar-refractivity contribution in [2.24, 2.45) is 5.14 Å². The van der Waals surface area contributed by atoms with Gasteiger partial charge >= 0.3 is 0 Å². The van der Waals surface area contributed by atoms with E-state index in [4.69, 9.17) is 5.14 Å². The van der Waals surface area contributed by atoms with Gasteiger partial charge in [-0.3, -0.25) is 14.9 Å². The monoisotopic (exact) mass is 459 g/mol. The number of nitrogens with zero attached hydrogens (tertiary/aromatic N) is 3. The van der Waals surface area contributed by atoms with Gasteiger partial charge in [-0.25, -0.2) is 18.5 Å². The summed E-state index contributed by atoms with van der Waals surface area (Å²) in [7, 11) is -3.82. The molecule has 1 aromatic carbocycles. The van der Waals surface area contributed by atoms with Crippen LogP contribution in [0.2, 0.25) is 0 Å².